The van der Waals surface area contributed by atoms with Crippen LogP contribution in [0.2, 0.25) is 0 Å². The average Bonchev–Trinajstić information content (AvgIpc) is 2.85. The Morgan fingerprint density at radius 1 is 1.29 bits per heavy atom. The highest BCUT2D eigenvalue weighted by Gasteiger charge is 2.57. The van der Waals surface area contributed by atoms with Crippen LogP contribution in [0.1, 0.15) is 52.4 Å². The quantitative estimate of drug-likeness (QED) is 0.711. The third-order valence-corrected chi connectivity index (χ3v) is 4.42. The van der Waals surface area contributed by atoms with E-state index in [0.717, 1.165) is 32.1 Å². The van der Waals surface area contributed by atoms with Crippen molar-refractivity contribution in [2.75, 3.05) is 0 Å². The second-order valence-electron chi connectivity index (χ2n) is 5.79. The molecule has 2 atom stereocenters. The van der Waals surface area contributed by atoms with Gasteiger partial charge in [0.1, 0.15) is 0 Å². The summed E-state index contributed by atoms with van der Waals surface area (Å²) in [4.78, 5) is 0. The molecule has 2 nitrogen and oxygen atoms in total. The largest absolute Gasteiger partial charge is 0.388 e. The average molecular weight is 197 g/mol. The van der Waals surface area contributed by atoms with E-state index in [0.29, 0.717) is 11.8 Å². The zero-order chi connectivity index (χ0) is 10.4. The molecule has 0 radical (unpaired) electrons. The van der Waals surface area contributed by atoms with Gasteiger partial charge in [0.2, 0.25) is 0 Å². The SMILES string of the molecule is CC(C)C1CCCC(O)(C2(N)CC2)C1. The lowest BCUT2D eigenvalue weighted by atomic mass is 9.70. The van der Waals surface area contributed by atoms with Crippen LogP contribution < -0.4 is 5.73 Å². The third-order valence-electron chi connectivity index (χ3n) is 4.42. The Kier molecular flexibility index (Phi) is 2.39. The van der Waals surface area contributed by atoms with Gasteiger partial charge in [-0.1, -0.05) is 20.3 Å². The van der Waals surface area contributed by atoms with Crippen LogP contribution in [0.5, 0.6) is 0 Å². The van der Waals surface area contributed by atoms with Crippen molar-refractivity contribution in [3.05, 3.63) is 0 Å². The summed E-state index contributed by atoms with van der Waals surface area (Å²) in [5.41, 5.74) is 5.40. The molecule has 0 amide bonds. The summed E-state index contributed by atoms with van der Waals surface area (Å²) in [6, 6.07) is 0. The Morgan fingerprint density at radius 3 is 2.43 bits per heavy atom. The fourth-order valence-corrected chi connectivity index (χ4v) is 2.92. The predicted molar refractivity (Wildman–Crippen MR) is 57.9 cm³/mol. The molecular formula is C12H23NO. The second kappa shape index (κ2) is 3.21. The Labute approximate surface area is 86.9 Å². The summed E-state index contributed by atoms with van der Waals surface area (Å²) < 4.78 is 0. The van der Waals surface area contributed by atoms with Crippen molar-refractivity contribution in [1.82, 2.24) is 0 Å². The van der Waals surface area contributed by atoms with Crippen molar-refractivity contribution in [1.29, 1.82) is 0 Å². The van der Waals surface area contributed by atoms with Crippen LogP contribution >= 0.6 is 0 Å². The lowest BCUT2D eigenvalue weighted by Crippen LogP contribution is -2.53. The van der Waals surface area contributed by atoms with Gasteiger partial charge in [0.15, 0.2) is 0 Å². The highest BCUT2D eigenvalue weighted by Crippen LogP contribution is 2.51. The van der Waals surface area contributed by atoms with Gasteiger partial charge in [-0.3, -0.25) is 0 Å². The van der Waals surface area contributed by atoms with Crippen LogP contribution in [0.25, 0.3) is 0 Å². The van der Waals surface area contributed by atoms with E-state index in [1.54, 1.807) is 0 Å². The van der Waals surface area contributed by atoms with E-state index in [4.69, 9.17) is 5.73 Å². The van der Waals surface area contributed by atoms with Crippen molar-refractivity contribution < 1.29 is 5.11 Å². The predicted octanol–water partition coefficient (Wildman–Crippen LogP) is 2.05. The van der Waals surface area contributed by atoms with E-state index in [1.807, 2.05) is 0 Å². The molecule has 0 bridgehead atoms. The number of aliphatic hydroxyl groups is 1. The van der Waals surface area contributed by atoms with Crippen molar-refractivity contribution in [2.24, 2.45) is 17.6 Å². The first-order valence-electron chi connectivity index (χ1n) is 5.98. The van der Waals surface area contributed by atoms with E-state index in [2.05, 4.69) is 13.8 Å². The molecule has 0 heterocycles. The van der Waals surface area contributed by atoms with E-state index < -0.39 is 5.60 Å². The number of hydrogen-bond donors (Lipinski definition) is 2. The number of rotatable bonds is 2. The lowest BCUT2D eigenvalue weighted by Gasteiger charge is -2.42. The summed E-state index contributed by atoms with van der Waals surface area (Å²) in [5.74, 6) is 1.36. The van der Waals surface area contributed by atoms with Crippen molar-refractivity contribution >= 4 is 0 Å². The first kappa shape index (κ1) is 10.4. The molecule has 0 aliphatic heterocycles. The lowest BCUT2D eigenvalue weighted by molar-refractivity contribution is -0.0532. The Balaban J connectivity index is 2.06. The minimum atomic E-state index is -0.541. The molecule has 0 saturated heterocycles. The zero-order valence-corrected chi connectivity index (χ0v) is 9.42. The third kappa shape index (κ3) is 1.59. The maximum absolute atomic E-state index is 10.6. The Bertz CT molecular complexity index is 222. The topological polar surface area (TPSA) is 46.2 Å². The first-order chi connectivity index (χ1) is 6.47. The van der Waals surface area contributed by atoms with Gasteiger partial charge >= 0.3 is 0 Å². The summed E-state index contributed by atoms with van der Waals surface area (Å²) in [7, 11) is 0. The van der Waals surface area contributed by atoms with Crippen LogP contribution in [-0.4, -0.2) is 16.2 Å². The number of hydrogen-bond acceptors (Lipinski definition) is 2. The van der Waals surface area contributed by atoms with E-state index in [1.165, 1.54) is 6.42 Å². The van der Waals surface area contributed by atoms with Gasteiger partial charge in [-0.25, -0.2) is 0 Å². The molecule has 0 aromatic rings. The van der Waals surface area contributed by atoms with Gasteiger partial charge in [0.05, 0.1) is 5.60 Å². The first-order valence-corrected chi connectivity index (χ1v) is 5.98. The molecule has 2 fully saturated rings. The summed E-state index contributed by atoms with van der Waals surface area (Å²) in [5, 5.41) is 10.6. The van der Waals surface area contributed by atoms with Crippen molar-refractivity contribution in [2.45, 2.75) is 63.5 Å². The Morgan fingerprint density at radius 2 is 1.93 bits per heavy atom. The molecule has 14 heavy (non-hydrogen) atoms. The molecule has 0 spiro atoms. The highest BCUT2D eigenvalue weighted by atomic mass is 16.3. The van der Waals surface area contributed by atoms with Gasteiger partial charge in [-0.15, -0.1) is 0 Å². The van der Waals surface area contributed by atoms with Gasteiger partial charge in [0, 0.05) is 5.54 Å². The smallest absolute Gasteiger partial charge is 0.0829 e. The van der Waals surface area contributed by atoms with Crippen LogP contribution in [0.4, 0.5) is 0 Å². The van der Waals surface area contributed by atoms with Crippen molar-refractivity contribution in [3.63, 3.8) is 0 Å². The van der Waals surface area contributed by atoms with Gasteiger partial charge < -0.3 is 10.8 Å². The van der Waals surface area contributed by atoms with Gasteiger partial charge in [-0.2, -0.15) is 0 Å². The number of nitrogens with two attached hydrogens (primary N) is 1. The molecule has 2 rings (SSSR count). The summed E-state index contributed by atoms with van der Waals surface area (Å²) >= 11 is 0. The van der Waals surface area contributed by atoms with Crippen LogP contribution in [0.15, 0.2) is 0 Å². The Hall–Kier alpha value is -0.0800. The maximum Gasteiger partial charge on any atom is 0.0829 e. The molecule has 2 aliphatic carbocycles. The monoisotopic (exact) mass is 197 g/mol. The van der Waals surface area contributed by atoms with E-state index in [-0.39, 0.29) is 5.54 Å². The molecule has 2 heteroatoms. The zero-order valence-electron chi connectivity index (χ0n) is 9.42. The maximum atomic E-state index is 10.6. The summed E-state index contributed by atoms with van der Waals surface area (Å²) in [6.45, 7) is 4.51. The molecule has 2 unspecified atom stereocenters. The summed E-state index contributed by atoms with van der Waals surface area (Å²) in [6.07, 6.45) is 6.32. The van der Waals surface area contributed by atoms with Crippen LogP contribution in [0, 0.1) is 11.8 Å². The van der Waals surface area contributed by atoms with Crippen LogP contribution in [-0.2, 0) is 0 Å². The normalized spacial score (nSPS) is 41.4. The minimum Gasteiger partial charge on any atom is -0.388 e. The van der Waals surface area contributed by atoms with Crippen LogP contribution in [0.3, 0.4) is 0 Å². The standard InChI is InChI=1S/C12H23NO/c1-9(2)10-4-3-5-12(14,8-10)11(13)6-7-11/h9-10,14H,3-8,13H2,1-2H3. The van der Waals surface area contributed by atoms with Gasteiger partial charge in [0.25, 0.3) is 0 Å². The van der Waals surface area contributed by atoms with E-state index >= 15 is 0 Å². The molecular weight excluding hydrogens is 174 g/mol. The molecule has 2 saturated carbocycles. The highest BCUT2D eigenvalue weighted by molar-refractivity contribution is 5.15. The fraction of sp³-hybridized carbons (Fsp3) is 1.00. The van der Waals surface area contributed by atoms with Gasteiger partial charge in [-0.05, 0) is 43.9 Å². The molecule has 0 aromatic carbocycles. The minimum absolute atomic E-state index is 0.222. The fourth-order valence-electron chi connectivity index (χ4n) is 2.92. The molecule has 82 valence electrons. The molecule has 0 aromatic heterocycles. The van der Waals surface area contributed by atoms with Crippen molar-refractivity contribution in [3.8, 4) is 0 Å². The second-order valence-corrected chi connectivity index (χ2v) is 5.79. The molecule has 3 N–H and O–H groups in total. The van der Waals surface area contributed by atoms with E-state index in [9.17, 15) is 5.11 Å². The molecule has 2 aliphatic rings.